The van der Waals surface area contributed by atoms with Gasteiger partial charge in [-0.1, -0.05) is 11.6 Å². The molecule has 6 nitrogen and oxygen atoms in total. The molecule has 134 valence electrons. The number of nitrogens with zero attached hydrogens (tertiary/aromatic N) is 4. The number of carbonyl (C=O) groups is 1. The second-order valence-electron chi connectivity index (χ2n) is 6.89. The molecule has 0 unspecified atom stereocenters. The Bertz CT molecular complexity index is 928. The van der Waals surface area contributed by atoms with Gasteiger partial charge in [-0.15, -0.1) is 0 Å². The first kappa shape index (κ1) is 16.9. The summed E-state index contributed by atoms with van der Waals surface area (Å²) in [7, 11) is 0. The fourth-order valence-electron chi connectivity index (χ4n) is 4.24. The van der Waals surface area contributed by atoms with Crippen molar-refractivity contribution in [2.24, 2.45) is 0 Å². The van der Waals surface area contributed by atoms with Gasteiger partial charge in [-0.05, 0) is 38.3 Å². The molecule has 0 radical (unpaired) electrons. The van der Waals surface area contributed by atoms with Crippen molar-refractivity contribution in [3.63, 3.8) is 0 Å². The number of aryl methyl sites for hydroxylation is 1. The zero-order valence-electron chi connectivity index (χ0n) is 14.5. The Labute approximate surface area is 157 Å². The van der Waals surface area contributed by atoms with Gasteiger partial charge in [0.15, 0.2) is 6.19 Å². The maximum absolute atomic E-state index is 12.4. The number of fused-ring (bicyclic) bond motifs is 3. The van der Waals surface area contributed by atoms with E-state index in [9.17, 15) is 10.1 Å². The van der Waals surface area contributed by atoms with Crippen molar-refractivity contribution in [1.82, 2.24) is 19.8 Å². The summed E-state index contributed by atoms with van der Waals surface area (Å²) in [6.07, 6.45) is 12.1. The molecule has 26 heavy (non-hydrogen) atoms. The summed E-state index contributed by atoms with van der Waals surface area (Å²) < 4.78 is 2.03. The van der Waals surface area contributed by atoms with Crippen LogP contribution >= 0.6 is 11.6 Å². The molecule has 0 spiro atoms. The molecule has 2 aromatic rings. The van der Waals surface area contributed by atoms with E-state index in [4.69, 9.17) is 11.6 Å². The third kappa shape index (κ3) is 2.82. The molecule has 2 bridgehead atoms. The molecule has 1 N–H and O–H groups in total. The molecule has 2 saturated heterocycles. The van der Waals surface area contributed by atoms with Gasteiger partial charge in [0.25, 0.3) is 0 Å². The largest absolute Gasteiger partial charge is 0.348 e. The summed E-state index contributed by atoms with van der Waals surface area (Å²) in [6.45, 7) is 2.84. The first-order chi connectivity index (χ1) is 12.6. The van der Waals surface area contributed by atoms with Crippen molar-refractivity contribution in [3.8, 4) is 6.19 Å². The van der Waals surface area contributed by atoms with Crippen LogP contribution in [0.4, 0.5) is 0 Å². The molecular formula is C19H20ClN5O. The summed E-state index contributed by atoms with van der Waals surface area (Å²) in [5, 5.41) is 13.8. The van der Waals surface area contributed by atoms with Crippen molar-refractivity contribution in [2.75, 3.05) is 0 Å². The van der Waals surface area contributed by atoms with Gasteiger partial charge in [0.2, 0.25) is 5.91 Å². The van der Waals surface area contributed by atoms with E-state index in [-0.39, 0.29) is 24.0 Å². The van der Waals surface area contributed by atoms with Gasteiger partial charge >= 0.3 is 0 Å². The van der Waals surface area contributed by atoms with Crippen molar-refractivity contribution < 1.29 is 4.79 Å². The number of aromatic nitrogens is 2. The molecule has 2 aliphatic rings. The molecule has 2 fully saturated rings. The second-order valence-corrected chi connectivity index (χ2v) is 7.32. The van der Waals surface area contributed by atoms with Crippen LogP contribution in [0, 0.1) is 11.5 Å². The first-order valence-corrected chi connectivity index (χ1v) is 9.29. The third-order valence-corrected chi connectivity index (χ3v) is 5.65. The molecule has 2 aromatic heterocycles. The van der Waals surface area contributed by atoms with Crippen molar-refractivity contribution >= 4 is 34.6 Å². The van der Waals surface area contributed by atoms with E-state index in [0.717, 1.165) is 42.4 Å². The Kier molecular flexibility index (Phi) is 4.33. The quantitative estimate of drug-likeness (QED) is 0.664. The lowest BCUT2D eigenvalue weighted by Gasteiger charge is -2.21. The predicted octanol–water partition coefficient (Wildman–Crippen LogP) is 2.93. The number of pyridine rings is 1. The average molecular weight is 370 g/mol. The molecule has 7 heteroatoms. The molecule has 4 rings (SSSR count). The van der Waals surface area contributed by atoms with Gasteiger partial charge in [0.1, 0.15) is 5.65 Å². The maximum Gasteiger partial charge on any atom is 0.244 e. The number of rotatable bonds is 4. The molecule has 0 saturated carbocycles. The molecule has 1 amide bonds. The summed E-state index contributed by atoms with van der Waals surface area (Å²) in [5.41, 5.74) is 1.77. The van der Waals surface area contributed by atoms with Gasteiger partial charge in [-0.3, -0.25) is 4.79 Å². The normalized spacial score (nSPS) is 24.5. The van der Waals surface area contributed by atoms with Crippen LogP contribution in [0.1, 0.15) is 31.7 Å². The van der Waals surface area contributed by atoms with Crippen LogP contribution in [-0.4, -0.2) is 38.5 Å². The van der Waals surface area contributed by atoms with Crippen molar-refractivity contribution in [3.05, 3.63) is 35.1 Å². The van der Waals surface area contributed by atoms with E-state index in [1.165, 1.54) is 0 Å². The van der Waals surface area contributed by atoms with Crippen molar-refractivity contribution in [1.29, 1.82) is 5.26 Å². The molecule has 2 aliphatic heterocycles. The van der Waals surface area contributed by atoms with E-state index >= 15 is 0 Å². The van der Waals surface area contributed by atoms with Gasteiger partial charge in [-0.2, -0.15) is 5.26 Å². The van der Waals surface area contributed by atoms with Crippen molar-refractivity contribution in [2.45, 2.75) is 50.9 Å². The molecular weight excluding hydrogens is 350 g/mol. The molecule has 4 heterocycles. The SMILES string of the molecule is CCn1cc(/C=C/C(=O)N[C@@H]2C[C@@H]3CC[C@H]2N3C#N)c2cc(Cl)cnc21. The minimum absolute atomic E-state index is 0.0543. The Morgan fingerprint density at radius 2 is 2.38 bits per heavy atom. The van der Waals surface area contributed by atoms with E-state index < -0.39 is 0 Å². The van der Waals surface area contributed by atoms with E-state index in [2.05, 4.69) is 16.5 Å². The number of amides is 1. The van der Waals surface area contributed by atoms with E-state index in [0.29, 0.717) is 5.02 Å². The second kappa shape index (κ2) is 6.65. The minimum Gasteiger partial charge on any atom is -0.348 e. The highest BCUT2D eigenvalue weighted by Gasteiger charge is 2.46. The molecule has 0 aliphatic carbocycles. The van der Waals surface area contributed by atoms with E-state index in [1.54, 1.807) is 18.3 Å². The zero-order valence-corrected chi connectivity index (χ0v) is 15.3. The lowest BCUT2D eigenvalue weighted by molar-refractivity contribution is -0.117. The van der Waals surface area contributed by atoms with E-state index in [1.807, 2.05) is 28.7 Å². The summed E-state index contributed by atoms with van der Waals surface area (Å²) in [6, 6.07) is 2.36. The van der Waals surface area contributed by atoms with Gasteiger partial charge in [-0.25, -0.2) is 4.98 Å². The summed E-state index contributed by atoms with van der Waals surface area (Å²) in [4.78, 5) is 18.6. The maximum atomic E-state index is 12.4. The van der Waals surface area contributed by atoms with Crippen LogP contribution in [0.5, 0.6) is 0 Å². The van der Waals surface area contributed by atoms with Crippen LogP contribution in [0.2, 0.25) is 5.02 Å². The highest BCUT2D eigenvalue weighted by molar-refractivity contribution is 6.31. The smallest absolute Gasteiger partial charge is 0.244 e. The third-order valence-electron chi connectivity index (χ3n) is 5.45. The lowest BCUT2D eigenvalue weighted by Crippen LogP contribution is -2.42. The number of nitrogens with one attached hydrogen (secondary N) is 1. The average Bonchev–Trinajstić information content (AvgIpc) is 3.29. The number of hydrogen-bond acceptors (Lipinski definition) is 4. The first-order valence-electron chi connectivity index (χ1n) is 8.91. The summed E-state index contributed by atoms with van der Waals surface area (Å²) >= 11 is 6.08. The minimum atomic E-state index is -0.132. The topological polar surface area (TPSA) is 74.0 Å². The monoisotopic (exact) mass is 369 g/mol. The van der Waals surface area contributed by atoms with Crippen LogP contribution < -0.4 is 5.32 Å². The van der Waals surface area contributed by atoms with Crippen LogP contribution in [0.15, 0.2) is 24.5 Å². The highest BCUT2D eigenvalue weighted by Crippen LogP contribution is 2.37. The Balaban J connectivity index is 1.50. The highest BCUT2D eigenvalue weighted by atomic mass is 35.5. The fraction of sp³-hybridized carbons (Fsp3) is 0.421. The van der Waals surface area contributed by atoms with Gasteiger partial charge in [0, 0.05) is 42.0 Å². The lowest BCUT2D eigenvalue weighted by atomic mass is 9.95. The van der Waals surface area contributed by atoms with Gasteiger partial charge in [0.05, 0.1) is 17.1 Å². The Morgan fingerprint density at radius 1 is 1.54 bits per heavy atom. The van der Waals surface area contributed by atoms with Crippen LogP contribution in [0.3, 0.4) is 0 Å². The fourth-order valence-corrected chi connectivity index (χ4v) is 4.40. The van der Waals surface area contributed by atoms with Gasteiger partial charge < -0.3 is 14.8 Å². The number of nitriles is 1. The number of carbonyl (C=O) groups excluding carboxylic acids is 1. The predicted molar refractivity (Wildman–Crippen MR) is 100 cm³/mol. The molecule has 0 aromatic carbocycles. The standard InChI is InChI=1S/C19H20ClN5O/c1-2-24-10-12(15-7-13(20)9-22-19(15)24)3-6-18(26)23-16-8-14-4-5-17(16)25(14)11-21/h3,6-7,9-10,14,16-17H,2,4-5,8H2,1H3,(H,23,26)/b6-3+/t14-,16+,17+/m0/s1. The Morgan fingerprint density at radius 3 is 3.12 bits per heavy atom. The summed E-state index contributed by atoms with van der Waals surface area (Å²) in [5.74, 6) is -0.132. The number of halogens is 1. The Hall–Kier alpha value is -2.52. The number of hydrogen-bond donors (Lipinski definition) is 1. The molecule has 3 atom stereocenters. The van der Waals surface area contributed by atoms with Crippen LogP contribution in [-0.2, 0) is 11.3 Å². The van der Waals surface area contributed by atoms with Crippen LogP contribution in [0.25, 0.3) is 17.1 Å². The zero-order chi connectivity index (χ0) is 18.3.